The number of ether oxygens (including phenoxy) is 3. The number of terminal acetylenes is 1. The van der Waals surface area contributed by atoms with Gasteiger partial charge in [0, 0.05) is 24.7 Å². The van der Waals surface area contributed by atoms with Crippen LogP contribution in [0.3, 0.4) is 0 Å². The summed E-state index contributed by atoms with van der Waals surface area (Å²) in [6.07, 6.45) is 6.67. The number of hydrogen-bond acceptors (Lipinski definition) is 6. The van der Waals surface area contributed by atoms with Gasteiger partial charge in [-0.15, -0.1) is 12.3 Å². The summed E-state index contributed by atoms with van der Waals surface area (Å²) in [4.78, 5) is 0.0770. The van der Waals surface area contributed by atoms with Gasteiger partial charge in [0.25, 0.3) is 0 Å². The second-order valence-electron chi connectivity index (χ2n) is 7.00. The molecule has 6 nitrogen and oxygen atoms in total. The van der Waals surface area contributed by atoms with E-state index in [1.807, 2.05) is 13.8 Å². The number of rotatable bonds is 10. The first-order valence-electron chi connectivity index (χ1n) is 9.53. The number of methoxy groups -OCH3 is 2. The van der Waals surface area contributed by atoms with Crippen molar-refractivity contribution in [2.45, 2.75) is 44.4 Å². The van der Waals surface area contributed by atoms with E-state index < -0.39 is 10.1 Å². The van der Waals surface area contributed by atoms with Gasteiger partial charge in [0.2, 0.25) is 0 Å². The highest BCUT2D eigenvalue weighted by Crippen LogP contribution is 2.45. The van der Waals surface area contributed by atoms with E-state index in [-0.39, 0.29) is 23.4 Å². The molecule has 7 heteroatoms. The Hall–Kier alpha value is -2.69. The Morgan fingerprint density at radius 2 is 1.77 bits per heavy atom. The third-order valence-electron chi connectivity index (χ3n) is 4.75. The number of hydrogen-bond donors (Lipinski definition) is 0. The standard InChI is InChI=1S/C23H28O6S/c1-7-8-9-17(3)20-14-21(18(4)22(27-6)23(20)28-15-26-5)29-30(24,25)19-12-10-16(2)11-13-19/h1,10-14,17H,8-9,15H2,2-6H3. The summed E-state index contributed by atoms with van der Waals surface area (Å²) >= 11 is 0. The molecule has 1 atom stereocenters. The molecule has 2 aromatic carbocycles. The van der Waals surface area contributed by atoms with Crippen LogP contribution in [0.25, 0.3) is 0 Å². The van der Waals surface area contributed by atoms with Gasteiger partial charge in [0.05, 0.1) is 7.11 Å². The Labute approximate surface area is 179 Å². The number of benzene rings is 2. The lowest BCUT2D eigenvalue weighted by molar-refractivity contribution is 0.0480. The van der Waals surface area contributed by atoms with E-state index in [1.165, 1.54) is 26.4 Å². The van der Waals surface area contributed by atoms with Gasteiger partial charge in [-0.1, -0.05) is 24.6 Å². The van der Waals surface area contributed by atoms with Gasteiger partial charge >= 0.3 is 10.1 Å². The molecule has 0 aliphatic heterocycles. The molecule has 0 N–H and O–H groups in total. The fourth-order valence-electron chi connectivity index (χ4n) is 3.02. The molecule has 2 rings (SSSR count). The van der Waals surface area contributed by atoms with Crippen molar-refractivity contribution in [3.63, 3.8) is 0 Å². The summed E-state index contributed by atoms with van der Waals surface area (Å²) < 4.78 is 47.5. The average molecular weight is 433 g/mol. The molecule has 0 saturated carbocycles. The number of aryl methyl sites for hydroxylation is 1. The average Bonchev–Trinajstić information content (AvgIpc) is 2.72. The SMILES string of the molecule is C#CCCC(C)c1cc(OS(=O)(=O)c2ccc(C)cc2)c(C)c(OC)c1OCOC. The van der Waals surface area contributed by atoms with Gasteiger partial charge in [-0.25, -0.2) is 0 Å². The third kappa shape index (κ3) is 5.47. The van der Waals surface area contributed by atoms with E-state index in [0.29, 0.717) is 29.9 Å². The lowest BCUT2D eigenvalue weighted by Gasteiger charge is -2.22. The summed E-state index contributed by atoms with van der Waals surface area (Å²) in [6.45, 7) is 5.61. The molecule has 30 heavy (non-hydrogen) atoms. The van der Waals surface area contributed by atoms with Crippen LogP contribution in [0.5, 0.6) is 17.2 Å². The smallest absolute Gasteiger partial charge is 0.339 e. The van der Waals surface area contributed by atoms with Crippen LogP contribution in [0.4, 0.5) is 0 Å². The van der Waals surface area contributed by atoms with Crippen molar-refractivity contribution in [1.82, 2.24) is 0 Å². The Morgan fingerprint density at radius 1 is 1.10 bits per heavy atom. The maximum atomic E-state index is 12.8. The summed E-state index contributed by atoms with van der Waals surface area (Å²) in [5.41, 5.74) is 2.20. The zero-order valence-electron chi connectivity index (χ0n) is 18.0. The van der Waals surface area contributed by atoms with E-state index in [0.717, 1.165) is 11.1 Å². The van der Waals surface area contributed by atoms with Crippen molar-refractivity contribution in [3.8, 4) is 29.6 Å². The van der Waals surface area contributed by atoms with Crippen LogP contribution in [0.15, 0.2) is 35.2 Å². The van der Waals surface area contributed by atoms with Gasteiger partial charge < -0.3 is 18.4 Å². The molecular formula is C23H28O6S. The minimum absolute atomic E-state index is 0.0204. The van der Waals surface area contributed by atoms with Gasteiger partial charge in [-0.2, -0.15) is 8.42 Å². The first-order chi connectivity index (χ1) is 14.2. The van der Waals surface area contributed by atoms with Gasteiger partial charge in [-0.05, 0) is 44.4 Å². The second kappa shape index (κ2) is 10.4. The lowest BCUT2D eigenvalue weighted by Crippen LogP contribution is -2.13. The third-order valence-corrected chi connectivity index (χ3v) is 6.00. The highest BCUT2D eigenvalue weighted by atomic mass is 32.2. The molecule has 0 heterocycles. The maximum Gasteiger partial charge on any atom is 0.339 e. The fourth-order valence-corrected chi connectivity index (χ4v) is 4.00. The van der Waals surface area contributed by atoms with Crippen molar-refractivity contribution >= 4 is 10.1 Å². The van der Waals surface area contributed by atoms with E-state index >= 15 is 0 Å². The fraction of sp³-hybridized carbons (Fsp3) is 0.391. The summed E-state index contributed by atoms with van der Waals surface area (Å²) in [5.74, 6) is 3.67. The van der Waals surface area contributed by atoms with Crippen LogP contribution in [0, 0.1) is 26.2 Å². The quantitative estimate of drug-likeness (QED) is 0.311. The molecule has 162 valence electrons. The van der Waals surface area contributed by atoms with Crippen molar-refractivity contribution in [3.05, 3.63) is 47.0 Å². The monoisotopic (exact) mass is 432 g/mol. The Balaban J connectivity index is 2.56. The Kier molecular flexibility index (Phi) is 8.16. The molecule has 0 radical (unpaired) electrons. The van der Waals surface area contributed by atoms with Gasteiger partial charge in [0.15, 0.2) is 18.3 Å². The van der Waals surface area contributed by atoms with E-state index in [2.05, 4.69) is 5.92 Å². The predicted octanol–water partition coefficient (Wildman–Crippen LogP) is 4.58. The largest absolute Gasteiger partial charge is 0.492 e. The minimum atomic E-state index is -4.02. The maximum absolute atomic E-state index is 12.8. The second-order valence-corrected chi connectivity index (χ2v) is 8.54. The molecule has 0 amide bonds. The van der Waals surface area contributed by atoms with Crippen LogP contribution < -0.4 is 13.7 Å². The molecule has 0 aliphatic rings. The van der Waals surface area contributed by atoms with Gasteiger partial charge in [-0.3, -0.25) is 0 Å². The van der Waals surface area contributed by atoms with Crippen LogP contribution in [0.2, 0.25) is 0 Å². The van der Waals surface area contributed by atoms with Crippen molar-refractivity contribution in [2.75, 3.05) is 21.0 Å². The van der Waals surface area contributed by atoms with E-state index in [4.69, 9.17) is 24.8 Å². The Morgan fingerprint density at radius 3 is 2.33 bits per heavy atom. The predicted molar refractivity (Wildman–Crippen MR) is 116 cm³/mol. The van der Waals surface area contributed by atoms with Gasteiger partial charge in [0.1, 0.15) is 10.6 Å². The minimum Gasteiger partial charge on any atom is -0.492 e. The van der Waals surface area contributed by atoms with Crippen LogP contribution in [0.1, 0.15) is 42.4 Å². The van der Waals surface area contributed by atoms with Crippen LogP contribution in [-0.4, -0.2) is 29.4 Å². The lowest BCUT2D eigenvalue weighted by atomic mass is 9.93. The highest BCUT2D eigenvalue weighted by Gasteiger charge is 2.25. The molecule has 1 unspecified atom stereocenters. The first kappa shape index (κ1) is 23.6. The molecule has 0 bridgehead atoms. The zero-order valence-corrected chi connectivity index (χ0v) is 18.8. The summed E-state index contributed by atoms with van der Waals surface area (Å²) in [5, 5.41) is 0. The summed E-state index contributed by atoms with van der Waals surface area (Å²) in [6, 6.07) is 8.15. The van der Waals surface area contributed by atoms with Crippen LogP contribution >= 0.6 is 0 Å². The van der Waals surface area contributed by atoms with Crippen molar-refractivity contribution in [1.29, 1.82) is 0 Å². The van der Waals surface area contributed by atoms with Crippen molar-refractivity contribution < 1.29 is 26.8 Å². The topological polar surface area (TPSA) is 71.1 Å². The molecular weight excluding hydrogens is 404 g/mol. The first-order valence-corrected chi connectivity index (χ1v) is 10.9. The summed E-state index contributed by atoms with van der Waals surface area (Å²) in [7, 11) is -1.00. The Bertz CT molecular complexity index is 1000. The van der Waals surface area contributed by atoms with Crippen LogP contribution in [-0.2, 0) is 14.9 Å². The molecule has 0 spiro atoms. The van der Waals surface area contributed by atoms with Crippen molar-refractivity contribution in [2.24, 2.45) is 0 Å². The van der Waals surface area contributed by atoms with E-state index in [1.54, 1.807) is 25.1 Å². The highest BCUT2D eigenvalue weighted by molar-refractivity contribution is 7.87. The normalized spacial score (nSPS) is 12.1. The van der Waals surface area contributed by atoms with E-state index in [9.17, 15) is 8.42 Å². The zero-order chi connectivity index (χ0) is 22.3. The molecule has 0 saturated heterocycles. The molecule has 0 aromatic heterocycles. The molecule has 0 fully saturated rings. The molecule has 0 aliphatic carbocycles. The molecule has 2 aromatic rings.